The summed E-state index contributed by atoms with van der Waals surface area (Å²) in [6.45, 7) is 0.967. The number of methoxy groups -OCH3 is 1. The van der Waals surface area contributed by atoms with E-state index < -0.39 is 11.4 Å². The highest BCUT2D eigenvalue weighted by Crippen LogP contribution is 2.47. The van der Waals surface area contributed by atoms with E-state index in [4.69, 9.17) is 4.74 Å². The standard InChI is InChI=1S/C17H23NO3/c1-18-11-8-12-14(18)7-6-13(15(12)21-2)17(16(19)20)9-4-3-5-10-17/h6-7H,3-5,8-11H2,1-2H3,(H,19,20). The van der Waals surface area contributed by atoms with Gasteiger partial charge < -0.3 is 14.7 Å². The van der Waals surface area contributed by atoms with Crippen LogP contribution in [0.1, 0.15) is 43.2 Å². The Labute approximate surface area is 125 Å². The van der Waals surface area contributed by atoms with Crippen LogP contribution in [0.15, 0.2) is 12.1 Å². The smallest absolute Gasteiger partial charge is 0.314 e. The summed E-state index contributed by atoms with van der Waals surface area (Å²) in [5.41, 5.74) is 2.46. The predicted molar refractivity (Wildman–Crippen MR) is 82.4 cm³/mol. The summed E-state index contributed by atoms with van der Waals surface area (Å²) in [6.07, 6.45) is 5.45. The number of ether oxygens (including phenoxy) is 1. The molecule has 0 aromatic heterocycles. The summed E-state index contributed by atoms with van der Waals surface area (Å²) in [6, 6.07) is 4.05. The lowest BCUT2D eigenvalue weighted by Crippen LogP contribution is -2.38. The number of hydrogen-bond donors (Lipinski definition) is 1. The second-order valence-corrected chi connectivity index (χ2v) is 6.26. The van der Waals surface area contributed by atoms with Gasteiger partial charge in [-0.3, -0.25) is 4.79 Å². The van der Waals surface area contributed by atoms with Gasteiger partial charge in [0, 0.05) is 30.4 Å². The fraction of sp³-hybridized carbons (Fsp3) is 0.588. The van der Waals surface area contributed by atoms with Crippen molar-refractivity contribution in [3.63, 3.8) is 0 Å². The number of hydrogen-bond acceptors (Lipinski definition) is 3. The molecule has 1 saturated carbocycles. The molecule has 3 rings (SSSR count). The van der Waals surface area contributed by atoms with Gasteiger partial charge in [-0.15, -0.1) is 0 Å². The van der Waals surface area contributed by atoms with Crippen molar-refractivity contribution >= 4 is 11.7 Å². The quantitative estimate of drug-likeness (QED) is 0.929. The molecular formula is C17H23NO3. The summed E-state index contributed by atoms with van der Waals surface area (Å²) in [5, 5.41) is 9.90. The first kappa shape index (κ1) is 14.2. The van der Waals surface area contributed by atoms with Crippen LogP contribution in [-0.4, -0.2) is 31.8 Å². The summed E-state index contributed by atoms with van der Waals surface area (Å²) in [4.78, 5) is 14.2. The zero-order chi connectivity index (χ0) is 15.0. The van der Waals surface area contributed by atoms with Gasteiger partial charge >= 0.3 is 5.97 Å². The molecule has 1 heterocycles. The first-order valence-electron chi connectivity index (χ1n) is 7.75. The maximum absolute atomic E-state index is 12.0. The van der Waals surface area contributed by atoms with E-state index in [-0.39, 0.29) is 0 Å². The van der Waals surface area contributed by atoms with Gasteiger partial charge in [0.1, 0.15) is 5.75 Å². The molecule has 0 unspecified atom stereocenters. The van der Waals surface area contributed by atoms with Crippen LogP contribution >= 0.6 is 0 Å². The lowest BCUT2D eigenvalue weighted by atomic mass is 9.68. The Hall–Kier alpha value is -1.71. The second kappa shape index (κ2) is 5.24. The molecule has 2 aliphatic rings. The van der Waals surface area contributed by atoms with Crippen molar-refractivity contribution in [1.82, 2.24) is 0 Å². The number of carboxylic acid groups (broad SMARTS) is 1. The lowest BCUT2D eigenvalue weighted by molar-refractivity contribution is -0.145. The Morgan fingerprint density at radius 2 is 2.00 bits per heavy atom. The van der Waals surface area contributed by atoms with E-state index in [1.165, 1.54) is 11.3 Å². The number of likely N-dealkylation sites (N-methyl/N-ethyl adjacent to an activating group) is 1. The number of benzene rings is 1. The number of fused-ring (bicyclic) bond motifs is 1. The van der Waals surface area contributed by atoms with Crippen LogP contribution in [0.3, 0.4) is 0 Å². The van der Waals surface area contributed by atoms with Crippen LogP contribution in [0.2, 0.25) is 0 Å². The van der Waals surface area contributed by atoms with Crippen molar-refractivity contribution < 1.29 is 14.6 Å². The van der Waals surface area contributed by atoms with Gasteiger partial charge in [0.2, 0.25) is 0 Å². The van der Waals surface area contributed by atoms with Crippen LogP contribution in [0, 0.1) is 0 Å². The topological polar surface area (TPSA) is 49.8 Å². The van der Waals surface area contributed by atoms with Gasteiger partial charge in [-0.25, -0.2) is 0 Å². The molecule has 0 spiro atoms. The Kier molecular flexibility index (Phi) is 3.56. The first-order valence-corrected chi connectivity index (χ1v) is 7.75. The average Bonchev–Trinajstić information content (AvgIpc) is 2.88. The Bertz CT molecular complexity index is 561. The number of rotatable bonds is 3. The molecule has 4 heteroatoms. The first-order chi connectivity index (χ1) is 10.1. The highest BCUT2D eigenvalue weighted by atomic mass is 16.5. The number of anilines is 1. The number of aliphatic carboxylic acids is 1. The molecule has 1 aromatic rings. The van der Waals surface area contributed by atoms with Crippen LogP contribution in [0.4, 0.5) is 5.69 Å². The van der Waals surface area contributed by atoms with Crippen molar-refractivity contribution in [2.24, 2.45) is 0 Å². The molecule has 114 valence electrons. The van der Waals surface area contributed by atoms with Crippen molar-refractivity contribution in [3.8, 4) is 5.75 Å². The third kappa shape index (κ3) is 2.08. The van der Waals surface area contributed by atoms with E-state index >= 15 is 0 Å². The highest BCUT2D eigenvalue weighted by molar-refractivity contribution is 5.84. The minimum absolute atomic E-state index is 0.702. The van der Waals surface area contributed by atoms with Crippen LogP contribution in [0.5, 0.6) is 5.75 Å². The van der Waals surface area contributed by atoms with Gasteiger partial charge in [0.15, 0.2) is 0 Å². The molecule has 4 nitrogen and oxygen atoms in total. The molecule has 0 radical (unpaired) electrons. The Morgan fingerprint density at radius 3 is 2.62 bits per heavy atom. The molecule has 1 fully saturated rings. The summed E-state index contributed by atoms with van der Waals surface area (Å²) >= 11 is 0. The van der Waals surface area contributed by atoms with Crippen molar-refractivity contribution in [1.29, 1.82) is 0 Å². The Balaban J connectivity index is 2.15. The van der Waals surface area contributed by atoms with Crippen molar-refractivity contribution in [2.75, 3.05) is 25.6 Å². The molecule has 21 heavy (non-hydrogen) atoms. The van der Waals surface area contributed by atoms with Crippen LogP contribution in [-0.2, 0) is 16.6 Å². The molecule has 0 saturated heterocycles. The van der Waals surface area contributed by atoms with Gasteiger partial charge in [-0.05, 0) is 25.3 Å². The van der Waals surface area contributed by atoms with Crippen molar-refractivity contribution in [2.45, 2.75) is 43.9 Å². The van der Waals surface area contributed by atoms with Gasteiger partial charge in [-0.1, -0.05) is 25.3 Å². The minimum atomic E-state index is -0.764. The molecule has 1 aliphatic carbocycles. The fourth-order valence-electron chi connectivity index (χ4n) is 3.98. The van der Waals surface area contributed by atoms with E-state index in [2.05, 4.69) is 18.0 Å². The van der Waals surface area contributed by atoms with E-state index in [1.54, 1.807) is 7.11 Å². The van der Waals surface area contributed by atoms with Crippen molar-refractivity contribution in [3.05, 3.63) is 23.3 Å². The van der Waals surface area contributed by atoms with E-state index in [0.29, 0.717) is 12.8 Å². The number of nitrogens with zero attached hydrogens (tertiary/aromatic N) is 1. The second-order valence-electron chi connectivity index (χ2n) is 6.26. The molecule has 1 N–H and O–H groups in total. The lowest BCUT2D eigenvalue weighted by Gasteiger charge is -2.35. The zero-order valence-corrected chi connectivity index (χ0v) is 12.8. The summed E-state index contributed by atoms with van der Waals surface area (Å²) in [7, 11) is 3.73. The number of carbonyl (C=O) groups is 1. The normalized spacial score (nSPS) is 20.2. The van der Waals surface area contributed by atoms with E-state index in [9.17, 15) is 9.90 Å². The summed E-state index contributed by atoms with van der Waals surface area (Å²) in [5.74, 6) is 0.105. The van der Waals surface area contributed by atoms with Gasteiger partial charge in [0.05, 0.1) is 12.5 Å². The van der Waals surface area contributed by atoms with E-state index in [0.717, 1.165) is 43.5 Å². The molecular weight excluding hydrogens is 266 g/mol. The van der Waals surface area contributed by atoms with Crippen LogP contribution < -0.4 is 9.64 Å². The van der Waals surface area contributed by atoms with Gasteiger partial charge in [0.25, 0.3) is 0 Å². The highest BCUT2D eigenvalue weighted by Gasteiger charge is 2.44. The molecule has 1 aromatic carbocycles. The largest absolute Gasteiger partial charge is 0.496 e. The zero-order valence-electron chi connectivity index (χ0n) is 12.8. The SMILES string of the molecule is COc1c(C2(C(=O)O)CCCCC2)ccc2c1CCN2C. The van der Waals surface area contributed by atoms with Crippen LogP contribution in [0.25, 0.3) is 0 Å². The minimum Gasteiger partial charge on any atom is -0.496 e. The maximum Gasteiger partial charge on any atom is 0.314 e. The predicted octanol–water partition coefficient (Wildman–Crippen LogP) is 2.97. The number of carboxylic acids is 1. The van der Waals surface area contributed by atoms with Gasteiger partial charge in [-0.2, -0.15) is 0 Å². The molecule has 0 amide bonds. The summed E-state index contributed by atoms with van der Waals surface area (Å²) < 4.78 is 5.67. The average molecular weight is 289 g/mol. The molecule has 0 atom stereocenters. The van der Waals surface area contributed by atoms with E-state index in [1.807, 2.05) is 6.07 Å². The fourth-order valence-corrected chi connectivity index (χ4v) is 3.98. The molecule has 1 aliphatic heterocycles. The monoisotopic (exact) mass is 289 g/mol. The maximum atomic E-state index is 12.0. The molecule has 0 bridgehead atoms. The Morgan fingerprint density at radius 1 is 1.29 bits per heavy atom. The third-order valence-corrected chi connectivity index (χ3v) is 5.18. The third-order valence-electron chi connectivity index (χ3n) is 5.18.